The lowest BCUT2D eigenvalue weighted by molar-refractivity contribution is 1.36. The fourth-order valence-electron chi connectivity index (χ4n) is 0.958. The lowest BCUT2D eigenvalue weighted by atomic mass is 10.2. The van der Waals surface area contributed by atoms with E-state index in [1.165, 1.54) is 11.3 Å². The predicted molar refractivity (Wildman–Crippen MR) is 56.9 cm³/mol. The molecule has 0 aliphatic heterocycles. The van der Waals surface area contributed by atoms with Crippen LogP contribution >= 0.6 is 11.3 Å². The Balaban J connectivity index is 3.01. The number of hydrogen-bond acceptors (Lipinski definition) is 4. The van der Waals surface area contributed by atoms with Crippen molar-refractivity contribution in [3.63, 3.8) is 0 Å². The molecule has 0 aliphatic rings. The molecule has 0 unspecified atom stereocenters. The molecule has 0 radical (unpaired) electrons. The fourth-order valence-corrected chi connectivity index (χ4v) is 1.89. The van der Waals surface area contributed by atoms with Crippen LogP contribution < -0.4 is 11.1 Å². The molecule has 68 valence electrons. The second-order valence-electron chi connectivity index (χ2n) is 2.56. The SMILES string of the molecule is C=CCNc1sc(C)c(N)c1C#N. The van der Waals surface area contributed by atoms with Gasteiger partial charge in [0.15, 0.2) is 0 Å². The van der Waals surface area contributed by atoms with Crippen LogP contribution in [0.5, 0.6) is 0 Å². The van der Waals surface area contributed by atoms with Gasteiger partial charge in [-0.25, -0.2) is 0 Å². The minimum Gasteiger partial charge on any atom is -0.397 e. The number of hydrogen-bond donors (Lipinski definition) is 2. The highest BCUT2D eigenvalue weighted by Crippen LogP contribution is 2.33. The third-order valence-electron chi connectivity index (χ3n) is 1.65. The molecule has 1 aromatic heterocycles. The molecule has 0 fully saturated rings. The molecule has 4 heteroatoms. The Morgan fingerprint density at radius 1 is 1.77 bits per heavy atom. The molecule has 0 atom stereocenters. The predicted octanol–water partition coefficient (Wildman–Crippen LogP) is 2.11. The summed E-state index contributed by atoms with van der Waals surface area (Å²) in [7, 11) is 0. The molecule has 13 heavy (non-hydrogen) atoms. The molecule has 0 aliphatic carbocycles. The van der Waals surface area contributed by atoms with Crippen LogP contribution in [0.15, 0.2) is 12.7 Å². The minimum atomic E-state index is 0.546. The van der Waals surface area contributed by atoms with Gasteiger partial charge in [-0.15, -0.1) is 17.9 Å². The first-order valence-corrected chi connectivity index (χ1v) is 4.66. The summed E-state index contributed by atoms with van der Waals surface area (Å²) in [4.78, 5) is 0.975. The number of nitrogens with one attached hydrogen (secondary N) is 1. The van der Waals surface area contributed by atoms with Crippen molar-refractivity contribution in [3.05, 3.63) is 23.1 Å². The van der Waals surface area contributed by atoms with Gasteiger partial charge in [-0.2, -0.15) is 5.26 Å². The van der Waals surface area contributed by atoms with E-state index in [0.717, 1.165) is 9.88 Å². The Kier molecular flexibility index (Phi) is 2.93. The molecule has 0 amide bonds. The van der Waals surface area contributed by atoms with Crippen LogP contribution in [-0.4, -0.2) is 6.54 Å². The summed E-state index contributed by atoms with van der Waals surface area (Å²) in [5, 5.41) is 12.7. The summed E-state index contributed by atoms with van der Waals surface area (Å²) < 4.78 is 0. The van der Waals surface area contributed by atoms with Crippen molar-refractivity contribution in [2.45, 2.75) is 6.92 Å². The van der Waals surface area contributed by atoms with E-state index in [4.69, 9.17) is 11.0 Å². The number of aryl methyl sites for hydroxylation is 1. The Labute approximate surface area is 81.5 Å². The normalized spacial score (nSPS) is 9.23. The van der Waals surface area contributed by atoms with Crippen LogP contribution in [-0.2, 0) is 0 Å². The van der Waals surface area contributed by atoms with E-state index in [1.807, 2.05) is 6.92 Å². The molecule has 0 saturated carbocycles. The van der Waals surface area contributed by atoms with E-state index >= 15 is 0 Å². The molecule has 1 heterocycles. The Hall–Kier alpha value is -1.47. The van der Waals surface area contributed by atoms with Gasteiger partial charge < -0.3 is 11.1 Å². The minimum absolute atomic E-state index is 0.546. The Bertz CT molecular complexity index is 360. The quantitative estimate of drug-likeness (QED) is 0.723. The van der Waals surface area contributed by atoms with Crippen LogP contribution in [0, 0.1) is 18.3 Å². The van der Waals surface area contributed by atoms with Crippen molar-refractivity contribution in [1.82, 2.24) is 0 Å². The van der Waals surface area contributed by atoms with Gasteiger partial charge in [0, 0.05) is 11.4 Å². The highest BCUT2D eigenvalue weighted by atomic mass is 32.1. The first-order chi connectivity index (χ1) is 6.20. The van der Waals surface area contributed by atoms with Crippen molar-refractivity contribution in [2.75, 3.05) is 17.6 Å². The van der Waals surface area contributed by atoms with E-state index < -0.39 is 0 Å². The van der Waals surface area contributed by atoms with Crippen LogP contribution in [0.1, 0.15) is 10.4 Å². The van der Waals surface area contributed by atoms with E-state index in [0.29, 0.717) is 17.8 Å². The zero-order valence-corrected chi connectivity index (χ0v) is 8.24. The lowest BCUT2D eigenvalue weighted by Gasteiger charge is -1.98. The first-order valence-electron chi connectivity index (χ1n) is 3.84. The van der Waals surface area contributed by atoms with Gasteiger partial charge in [-0.3, -0.25) is 0 Å². The second-order valence-corrected chi connectivity index (χ2v) is 3.78. The largest absolute Gasteiger partial charge is 0.397 e. The van der Waals surface area contributed by atoms with E-state index in [9.17, 15) is 0 Å². The van der Waals surface area contributed by atoms with Crippen molar-refractivity contribution >= 4 is 22.0 Å². The summed E-state index contributed by atoms with van der Waals surface area (Å²) in [6, 6.07) is 2.08. The number of nitriles is 1. The Morgan fingerprint density at radius 2 is 2.46 bits per heavy atom. The van der Waals surface area contributed by atoms with E-state index in [1.54, 1.807) is 6.08 Å². The number of nitrogen functional groups attached to an aromatic ring is 1. The molecular formula is C9H11N3S. The molecule has 3 nitrogen and oxygen atoms in total. The van der Waals surface area contributed by atoms with Gasteiger partial charge >= 0.3 is 0 Å². The van der Waals surface area contributed by atoms with Gasteiger partial charge in [0.05, 0.1) is 5.69 Å². The molecular weight excluding hydrogens is 182 g/mol. The molecule has 0 bridgehead atoms. The molecule has 3 N–H and O–H groups in total. The van der Waals surface area contributed by atoms with Gasteiger partial charge in [0.2, 0.25) is 0 Å². The average Bonchev–Trinajstić information content (AvgIpc) is 2.39. The summed E-state index contributed by atoms with van der Waals surface area (Å²) in [6.45, 7) is 6.14. The first kappa shape index (κ1) is 9.62. The van der Waals surface area contributed by atoms with Crippen LogP contribution in [0.25, 0.3) is 0 Å². The molecule has 0 spiro atoms. The topological polar surface area (TPSA) is 61.8 Å². The number of thiophene rings is 1. The zero-order chi connectivity index (χ0) is 9.84. The van der Waals surface area contributed by atoms with Crippen LogP contribution in [0.2, 0.25) is 0 Å². The average molecular weight is 193 g/mol. The van der Waals surface area contributed by atoms with Crippen molar-refractivity contribution in [1.29, 1.82) is 5.26 Å². The van der Waals surface area contributed by atoms with Gasteiger partial charge in [-0.05, 0) is 6.92 Å². The van der Waals surface area contributed by atoms with Crippen molar-refractivity contribution in [3.8, 4) is 6.07 Å². The molecule has 0 aromatic carbocycles. The fraction of sp³-hybridized carbons (Fsp3) is 0.222. The summed E-state index contributed by atoms with van der Waals surface area (Å²) >= 11 is 1.50. The van der Waals surface area contributed by atoms with Crippen molar-refractivity contribution in [2.24, 2.45) is 0 Å². The van der Waals surface area contributed by atoms with Crippen LogP contribution in [0.3, 0.4) is 0 Å². The molecule has 0 saturated heterocycles. The maximum atomic E-state index is 8.82. The standard InChI is InChI=1S/C9H11N3S/c1-3-4-12-9-7(5-10)8(11)6(2)13-9/h3,12H,1,4,11H2,2H3. The summed E-state index contributed by atoms with van der Waals surface area (Å²) in [6.07, 6.45) is 1.74. The van der Waals surface area contributed by atoms with Crippen LogP contribution in [0.4, 0.5) is 10.7 Å². The number of rotatable bonds is 3. The van der Waals surface area contributed by atoms with Crippen molar-refractivity contribution < 1.29 is 0 Å². The summed E-state index contributed by atoms with van der Waals surface area (Å²) in [5.41, 5.74) is 6.84. The molecule has 1 aromatic rings. The monoisotopic (exact) mass is 193 g/mol. The van der Waals surface area contributed by atoms with Gasteiger partial charge in [0.1, 0.15) is 16.6 Å². The maximum absolute atomic E-state index is 8.82. The maximum Gasteiger partial charge on any atom is 0.110 e. The highest BCUT2D eigenvalue weighted by molar-refractivity contribution is 7.16. The zero-order valence-electron chi connectivity index (χ0n) is 7.42. The highest BCUT2D eigenvalue weighted by Gasteiger charge is 2.11. The number of nitrogens with zero attached hydrogens (tertiary/aromatic N) is 1. The number of anilines is 2. The third-order valence-corrected chi connectivity index (χ3v) is 2.73. The second kappa shape index (κ2) is 3.97. The molecule has 1 rings (SSSR count). The van der Waals surface area contributed by atoms with E-state index in [2.05, 4.69) is 18.0 Å². The number of nitrogens with two attached hydrogens (primary N) is 1. The van der Waals surface area contributed by atoms with Gasteiger partial charge in [0.25, 0.3) is 0 Å². The lowest BCUT2D eigenvalue weighted by Crippen LogP contribution is -1.97. The van der Waals surface area contributed by atoms with Gasteiger partial charge in [-0.1, -0.05) is 6.08 Å². The summed E-state index contributed by atoms with van der Waals surface area (Å²) in [5.74, 6) is 0. The van der Waals surface area contributed by atoms with E-state index in [-0.39, 0.29) is 0 Å². The Morgan fingerprint density at radius 3 is 3.00 bits per heavy atom. The smallest absolute Gasteiger partial charge is 0.110 e. The third kappa shape index (κ3) is 1.82.